The number of amides is 1. The molecule has 0 aliphatic rings. The first-order chi connectivity index (χ1) is 7.90. The van der Waals surface area contributed by atoms with Crippen LogP contribution in [0.1, 0.15) is 23.7 Å². The Morgan fingerprint density at radius 1 is 1.41 bits per heavy atom. The number of aliphatic carboxylic acids is 1. The number of carboxylic acids is 1. The average Bonchev–Trinajstić information content (AvgIpc) is 2.20. The molecule has 17 heavy (non-hydrogen) atoms. The molecule has 0 saturated carbocycles. The number of rotatable bonds is 4. The topological polar surface area (TPSA) is 66.4 Å². The van der Waals surface area contributed by atoms with Crippen molar-refractivity contribution in [2.45, 2.75) is 19.4 Å². The van der Waals surface area contributed by atoms with Crippen LogP contribution < -0.4 is 5.32 Å². The van der Waals surface area contributed by atoms with Gasteiger partial charge in [-0.15, -0.1) is 0 Å². The highest BCUT2D eigenvalue weighted by Crippen LogP contribution is 2.21. The molecule has 2 N–H and O–H groups in total. The summed E-state index contributed by atoms with van der Waals surface area (Å²) in [6.45, 7) is 1.65. The van der Waals surface area contributed by atoms with Crippen molar-refractivity contribution in [1.29, 1.82) is 0 Å². The van der Waals surface area contributed by atoms with Crippen molar-refractivity contribution in [3.05, 3.63) is 32.7 Å². The van der Waals surface area contributed by atoms with E-state index in [1.807, 2.05) is 6.07 Å². The largest absolute Gasteiger partial charge is 0.481 e. The van der Waals surface area contributed by atoms with Crippen LogP contribution >= 0.6 is 31.9 Å². The molecular formula is C11H11Br2NO3. The smallest absolute Gasteiger partial charge is 0.305 e. The third kappa shape index (κ3) is 4.47. The highest BCUT2D eigenvalue weighted by atomic mass is 79.9. The minimum atomic E-state index is -0.939. The molecule has 1 amide bonds. The summed E-state index contributed by atoms with van der Waals surface area (Å²) in [6, 6.07) is 4.82. The SMILES string of the molecule is CC(CC(=O)O)NC(=O)c1cc(Br)ccc1Br. The number of carboxylic acid groups (broad SMARTS) is 1. The lowest BCUT2D eigenvalue weighted by Gasteiger charge is -2.12. The Morgan fingerprint density at radius 2 is 2.06 bits per heavy atom. The second kappa shape index (κ2) is 6.16. The van der Waals surface area contributed by atoms with Gasteiger partial charge in [-0.2, -0.15) is 0 Å². The van der Waals surface area contributed by atoms with Crippen LogP contribution in [0.15, 0.2) is 27.1 Å². The van der Waals surface area contributed by atoms with Crippen LogP contribution in [0.3, 0.4) is 0 Å². The first-order valence-corrected chi connectivity index (χ1v) is 6.46. The molecule has 0 bridgehead atoms. The van der Waals surface area contributed by atoms with Crippen molar-refractivity contribution < 1.29 is 14.7 Å². The Bertz CT molecular complexity index is 448. The summed E-state index contributed by atoms with van der Waals surface area (Å²) >= 11 is 6.55. The number of nitrogens with one attached hydrogen (secondary N) is 1. The lowest BCUT2D eigenvalue weighted by atomic mass is 10.2. The predicted molar refractivity (Wildman–Crippen MR) is 71.0 cm³/mol. The van der Waals surface area contributed by atoms with Gasteiger partial charge < -0.3 is 10.4 Å². The zero-order valence-corrected chi connectivity index (χ0v) is 12.2. The Hall–Kier alpha value is -0.880. The highest BCUT2D eigenvalue weighted by Gasteiger charge is 2.15. The van der Waals surface area contributed by atoms with Crippen molar-refractivity contribution in [3.8, 4) is 0 Å². The van der Waals surface area contributed by atoms with E-state index in [1.165, 1.54) is 0 Å². The molecule has 6 heteroatoms. The Labute approximate surface area is 116 Å². The van der Waals surface area contributed by atoms with Gasteiger partial charge in [-0.1, -0.05) is 15.9 Å². The summed E-state index contributed by atoms with van der Waals surface area (Å²) in [6.07, 6.45) is -0.0998. The van der Waals surface area contributed by atoms with E-state index in [0.717, 1.165) is 4.47 Å². The minimum Gasteiger partial charge on any atom is -0.481 e. The first-order valence-electron chi connectivity index (χ1n) is 4.88. The van der Waals surface area contributed by atoms with Gasteiger partial charge in [-0.05, 0) is 41.1 Å². The third-order valence-electron chi connectivity index (χ3n) is 2.03. The van der Waals surface area contributed by atoms with E-state index in [9.17, 15) is 9.59 Å². The number of hydrogen-bond acceptors (Lipinski definition) is 2. The van der Waals surface area contributed by atoms with E-state index >= 15 is 0 Å². The second-order valence-corrected chi connectivity index (χ2v) is 5.37. The fourth-order valence-corrected chi connectivity index (χ4v) is 2.07. The van der Waals surface area contributed by atoms with E-state index in [0.29, 0.717) is 10.0 Å². The number of hydrogen-bond donors (Lipinski definition) is 2. The van der Waals surface area contributed by atoms with Crippen LogP contribution in [-0.4, -0.2) is 23.0 Å². The van der Waals surface area contributed by atoms with Crippen molar-refractivity contribution in [3.63, 3.8) is 0 Å². The molecule has 0 aliphatic heterocycles. The first kappa shape index (κ1) is 14.2. The summed E-state index contributed by atoms with van der Waals surface area (Å²) < 4.78 is 1.46. The van der Waals surface area contributed by atoms with Gasteiger partial charge in [-0.25, -0.2) is 0 Å². The van der Waals surface area contributed by atoms with E-state index in [2.05, 4.69) is 37.2 Å². The molecule has 0 aromatic heterocycles. The molecule has 4 nitrogen and oxygen atoms in total. The van der Waals surface area contributed by atoms with Gasteiger partial charge in [0, 0.05) is 15.0 Å². The highest BCUT2D eigenvalue weighted by molar-refractivity contribution is 9.11. The molecule has 0 heterocycles. The summed E-state index contributed by atoms with van der Waals surface area (Å²) in [5.74, 6) is -1.24. The Morgan fingerprint density at radius 3 is 2.65 bits per heavy atom. The lowest BCUT2D eigenvalue weighted by Crippen LogP contribution is -2.34. The summed E-state index contributed by atoms with van der Waals surface area (Å²) in [5.41, 5.74) is 0.469. The monoisotopic (exact) mass is 363 g/mol. The summed E-state index contributed by atoms with van der Waals surface area (Å²) in [5, 5.41) is 11.2. The molecule has 1 aromatic rings. The molecule has 0 fully saturated rings. The van der Waals surface area contributed by atoms with Gasteiger partial charge in [0.05, 0.1) is 12.0 Å². The number of benzene rings is 1. The molecule has 1 aromatic carbocycles. The maximum absolute atomic E-state index is 11.9. The van der Waals surface area contributed by atoms with Crippen LogP contribution in [0.4, 0.5) is 0 Å². The normalized spacial score (nSPS) is 11.9. The van der Waals surface area contributed by atoms with Crippen molar-refractivity contribution >= 4 is 43.7 Å². The average molecular weight is 365 g/mol. The maximum atomic E-state index is 11.9. The molecule has 0 radical (unpaired) electrons. The second-order valence-electron chi connectivity index (χ2n) is 3.60. The zero-order valence-electron chi connectivity index (χ0n) is 9.04. The fraction of sp³-hybridized carbons (Fsp3) is 0.273. The number of carbonyl (C=O) groups is 2. The Kier molecular flexibility index (Phi) is 5.14. The van der Waals surface area contributed by atoms with E-state index < -0.39 is 12.0 Å². The van der Waals surface area contributed by atoms with Gasteiger partial charge in [0.2, 0.25) is 0 Å². The maximum Gasteiger partial charge on any atom is 0.305 e. The van der Waals surface area contributed by atoms with Crippen LogP contribution in [0, 0.1) is 0 Å². The van der Waals surface area contributed by atoms with Gasteiger partial charge in [0.25, 0.3) is 5.91 Å². The van der Waals surface area contributed by atoms with Crippen LogP contribution in [0.2, 0.25) is 0 Å². The van der Waals surface area contributed by atoms with Crippen molar-refractivity contribution in [2.75, 3.05) is 0 Å². The van der Waals surface area contributed by atoms with Gasteiger partial charge in [0.1, 0.15) is 0 Å². The van der Waals surface area contributed by atoms with Crippen LogP contribution in [-0.2, 0) is 4.79 Å². The molecule has 1 rings (SSSR count). The Balaban J connectivity index is 2.76. The molecule has 1 atom stereocenters. The molecule has 0 spiro atoms. The number of halogens is 2. The van der Waals surface area contributed by atoms with E-state index in [-0.39, 0.29) is 12.3 Å². The van der Waals surface area contributed by atoms with Gasteiger partial charge >= 0.3 is 5.97 Å². The molecule has 1 unspecified atom stereocenters. The quantitative estimate of drug-likeness (QED) is 0.863. The van der Waals surface area contributed by atoms with E-state index in [1.54, 1.807) is 19.1 Å². The van der Waals surface area contributed by atoms with Gasteiger partial charge in [0.15, 0.2) is 0 Å². The molecule has 0 saturated heterocycles. The standard InChI is InChI=1S/C11H11Br2NO3/c1-6(4-10(15)16)14-11(17)8-5-7(12)2-3-9(8)13/h2-3,5-6H,4H2,1H3,(H,14,17)(H,15,16). The zero-order chi connectivity index (χ0) is 13.0. The van der Waals surface area contributed by atoms with Crippen LogP contribution in [0.5, 0.6) is 0 Å². The van der Waals surface area contributed by atoms with Crippen LogP contribution in [0.25, 0.3) is 0 Å². The van der Waals surface area contributed by atoms with E-state index in [4.69, 9.17) is 5.11 Å². The summed E-state index contributed by atoms with van der Waals surface area (Å²) in [7, 11) is 0. The predicted octanol–water partition coefficient (Wildman–Crippen LogP) is 2.80. The lowest BCUT2D eigenvalue weighted by molar-refractivity contribution is -0.137. The summed E-state index contributed by atoms with van der Waals surface area (Å²) in [4.78, 5) is 22.3. The third-order valence-corrected chi connectivity index (χ3v) is 3.22. The van der Waals surface area contributed by atoms with Gasteiger partial charge in [-0.3, -0.25) is 9.59 Å². The molecular weight excluding hydrogens is 354 g/mol. The number of carbonyl (C=O) groups excluding carboxylic acids is 1. The molecule has 92 valence electrons. The van der Waals surface area contributed by atoms with Crippen molar-refractivity contribution in [1.82, 2.24) is 5.32 Å². The minimum absolute atomic E-state index is 0.0998. The molecule has 0 aliphatic carbocycles. The van der Waals surface area contributed by atoms with Crippen molar-refractivity contribution in [2.24, 2.45) is 0 Å². The fourth-order valence-electron chi connectivity index (χ4n) is 1.29.